The Morgan fingerprint density at radius 3 is 2.36 bits per heavy atom. The van der Waals surface area contributed by atoms with Crippen LogP contribution in [0.25, 0.3) is 0 Å². The SMILES string of the molecule is CCCN(CC#N)CC(=O)NC(Cc1ccccc1)c1ccccc1. The summed E-state index contributed by atoms with van der Waals surface area (Å²) in [7, 11) is 0. The maximum absolute atomic E-state index is 12.5. The first kappa shape index (κ1) is 18.7. The van der Waals surface area contributed by atoms with E-state index in [4.69, 9.17) is 5.26 Å². The van der Waals surface area contributed by atoms with Crippen LogP contribution in [-0.2, 0) is 11.2 Å². The lowest BCUT2D eigenvalue weighted by molar-refractivity contribution is -0.122. The van der Waals surface area contributed by atoms with Gasteiger partial charge in [-0.3, -0.25) is 9.69 Å². The molecule has 0 spiro atoms. The molecule has 1 atom stereocenters. The van der Waals surface area contributed by atoms with Crippen LogP contribution >= 0.6 is 0 Å². The maximum atomic E-state index is 12.5. The van der Waals surface area contributed by atoms with Crippen molar-refractivity contribution in [3.63, 3.8) is 0 Å². The highest BCUT2D eigenvalue weighted by atomic mass is 16.2. The van der Waals surface area contributed by atoms with Crippen molar-refractivity contribution in [3.05, 3.63) is 71.8 Å². The van der Waals surface area contributed by atoms with Crippen molar-refractivity contribution >= 4 is 5.91 Å². The predicted molar refractivity (Wildman–Crippen MR) is 99.8 cm³/mol. The molecule has 2 aromatic rings. The molecule has 0 aliphatic carbocycles. The molecule has 1 amide bonds. The van der Waals surface area contributed by atoms with E-state index in [0.29, 0.717) is 0 Å². The van der Waals surface area contributed by atoms with Crippen molar-refractivity contribution < 1.29 is 4.79 Å². The second-order valence-electron chi connectivity index (χ2n) is 6.09. The first-order chi connectivity index (χ1) is 12.2. The van der Waals surface area contributed by atoms with Crippen molar-refractivity contribution in [1.29, 1.82) is 5.26 Å². The summed E-state index contributed by atoms with van der Waals surface area (Å²) in [6.45, 7) is 3.32. The number of nitrogens with one attached hydrogen (secondary N) is 1. The van der Waals surface area contributed by atoms with Crippen LogP contribution in [0, 0.1) is 11.3 Å². The van der Waals surface area contributed by atoms with Crippen molar-refractivity contribution in [1.82, 2.24) is 10.2 Å². The van der Waals surface area contributed by atoms with E-state index in [0.717, 1.165) is 24.9 Å². The molecule has 0 heterocycles. The van der Waals surface area contributed by atoms with E-state index in [-0.39, 0.29) is 25.0 Å². The average Bonchev–Trinajstić information content (AvgIpc) is 2.63. The van der Waals surface area contributed by atoms with Crippen LogP contribution in [0.1, 0.15) is 30.5 Å². The molecule has 1 unspecified atom stereocenters. The van der Waals surface area contributed by atoms with Gasteiger partial charge < -0.3 is 5.32 Å². The molecule has 2 aromatic carbocycles. The second-order valence-corrected chi connectivity index (χ2v) is 6.09. The molecule has 0 aliphatic heterocycles. The summed E-state index contributed by atoms with van der Waals surface area (Å²) in [4.78, 5) is 14.4. The zero-order chi connectivity index (χ0) is 17.9. The fourth-order valence-electron chi connectivity index (χ4n) is 2.86. The van der Waals surface area contributed by atoms with Crippen LogP contribution in [-0.4, -0.2) is 30.4 Å². The van der Waals surface area contributed by atoms with E-state index in [1.165, 1.54) is 5.56 Å². The fourth-order valence-corrected chi connectivity index (χ4v) is 2.86. The molecule has 0 saturated carbocycles. The van der Waals surface area contributed by atoms with Crippen molar-refractivity contribution in [2.45, 2.75) is 25.8 Å². The predicted octanol–water partition coefficient (Wildman–Crippen LogP) is 3.32. The van der Waals surface area contributed by atoms with E-state index < -0.39 is 0 Å². The van der Waals surface area contributed by atoms with Crippen LogP contribution in [0.3, 0.4) is 0 Å². The Kier molecular flexibility index (Phi) is 7.68. The number of nitrogens with zero attached hydrogens (tertiary/aromatic N) is 2. The van der Waals surface area contributed by atoms with Gasteiger partial charge in [-0.2, -0.15) is 5.26 Å². The zero-order valence-electron chi connectivity index (χ0n) is 14.7. The minimum absolute atomic E-state index is 0.0477. The first-order valence-electron chi connectivity index (χ1n) is 8.70. The number of benzene rings is 2. The van der Waals surface area contributed by atoms with Crippen LogP contribution in [0.15, 0.2) is 60.7 Å². The highest BCUT2D eigenvalue weighted by molar-refractivity contribution is 5.78. The van der Waals surface area contributed by atoms with Gasteiger partial charge in [0, 0.05) is 0 Å². The normalized spacial score (nSPS) is 11.7. The van der Waals surface area contributed by atoms with E-state index in [1.807, 2.05) is 60.4 Å². The summed E-state index contributed by atoms with van der Waals surface area (Å²) in [5.74, 6) is -0.0477. The number of amides is 1. The third-order valence-electron chi connectivity index (χ3n) is 4.02. The van der Waals surface area contributed by atoms with Crippen LogP contribution in [0.5, 0.6) is 0 Å². The van der Waals surface area contributed by atoms with Gasteiger partial charge in [0.05, 0.1) is 25.2 Å². The molecule has 4 heteroatoms. The highest BCUT2D eigenvalue weighted by Gasteiger charge is 2.17. The molecular weight excluding hydrogens is 310 g/mol. The lowest BCUT2D eigenvalue weighted by atomic mass is 9.99. The van der Waals surface area contributed by atoms with Gasteiger partial charge in [0.15, 0.2) is 0 Å². The Hall–Kier alpha value is -2.64. The van der Waals surface area contributed by atoms with Gasteiger partial charge >= 0.3 is 0 Å². The van der Waals surface area contributed by atoms with Crippen LogP contribution < -0.4 is 5.32 Å². The summed E-state index contributed by atoms with van der Waals surface area (Å²) in [6, 6.07) is 22.2. The Balaban J connectivity index is 2.07. The molecular formula is C21H25N3O. The monoisotopic (exact) mass is 335 g/mol. The number of hydrogen-bond donors (Lipinski definition) is 1. The lowest BCUT2D eigenvalue weighted by Crippen LogP contribution is -2.40. The molecule has 0 fully saturated rings. The third kappa shape index (κ3) is 6.40. The topological polar surface area (TPSA) is 56.1 Å². The van der Waals surface area contributed by atoms with E-state index in [2.05, 4.69) is 23.5 Å². The Morgan fingerprint density at radius 1 is 1.12 bits per heavy atom. The van der Waals surface area contributed by atoms with Gasteiger partial charge in [-0.05, 0) is 30.5 Å². The fraction of sp³-hybridized carbons (Fsp3) is 0.333. The summed E-state index contributed by atoms with van der Waals surface area (Å²) in [5.41, 5.74) is 2.26. The zero-order valence-corrected chi connectivity index (χ0v) is 14.7. The number of hydrogen-bond acceptors (Lipinski definition) is 3. The minimum atomic E-state index is -0.0818. The van der Waals surface area contributed by atoms with Gasteiger partial charge in [0.2, 0.25) is 5.91 Å². The maximum Gasteiger partial charge on any atom is 0.234 e. The standard InChI is InChI=1S/C21H25N3O/c1-2-14-24(15-13-22)17-21(25)23-20(19-11-7-4-8-12-19)16-18-9-5-3-6-10-18/h3-12,20H,2,14-17H2,1H3,(H,23,25). The molecule has 0 bridgehead atoms. The van der Waals surface area contributed by atoms with Gasteiger partial charge in [0.1, 0.15) is 0 Å². The highest BCUT2D eigenvalue weighted by Crippen LogP contribution is 2.18. The van der Waals surface area contributed by atoms with Gasteiger partial charge in [-0.15, -0.1) is 0 Å². The molecule has 1 N–H and O–H groups in total. The lowest BCUT2D eigenvalue weighted by Gasteiger charge is -2.23. The molecule has 25 heavy (non-hydrogen) atoms. The average molecular weight is 335 g/mol. The summed E-state index contributed by atoms with van der Waals surface area (Å²) < 4.78 is 0. The van der Waals surface area contributed by atoms with Crippen LogP contribution in [0.2, 0.25) is 0 Å². The number of carbonyl (C=O) groups is 1. The molecule has 130 valence electrons. The largest absolute Gasteiger partial charge is 0.348 e. The Labute approximate surface area is 150 Å². The van der Waals surface area contributed by atoms with E-state index >= 15 is 0 Å². The summed E-state index contributed by atoms with van der Waals surface area (Å²) >= 11 is 0. The van der Waals surface area contributed by atoms with Gasteiger partial charge in [-0.1, -0.05) is 67.6 Å². The number of nitriles is 1. The summed E-state index contributed by atoms with van der Waals surface area (Å²) in [6.07, 6.45) is 1.66. The smallest absolute Gasteiger partial charge is 0.234 e. The molecule has 2 rings (SSSR count). The quantitative estimate of drug-likeness (QED) is 0.715. The summed E-state index contributed by atoms with van der Waals surface area (Å²) in [5, 5.41) is 12.0. The van der Waals surface area contributed by atoms with Crippen molar-refractivity contribution in [2.24, 2.45) is 0 Å². The van der Waals surface area contributed by atoms with Crippen molar-refractivity contribution in [2.75, 3.05) is 19.6 Å². The second kappa shape index (κ2) is 10.3. The van der Waals surface area contributed by atoms with Crippen molar-refractivity contribution in [3.8, 4) is 6.07 Å². The van der Waals surface area contributed by atoms with Crippen LogP contribution in [0.4, 0.5) is 0 Å². The van der Waals surface area contributed by atoms with Gasteiger partial charge in [0.25, 0.3) is 0 Å². The molecule has 0 aromatic heterocycles. The molecule has 0 saturated heterocycles. The third-order valence-corrected chi connectivity index (χ3v) is 4.02. The number of rotatable bonds is 9. The van der Waals surface area contributed by atoms with Gasteiger partial charge in [-0.25, -0.2) is 0 Å². The molecule has 0 radical (unpaired) electrons. The molecule has 4 nitrogen and oxygen atoms in total. The Bertz CT molecular complexity index is 679. The Morgan fingerprint density at radius 2 is 1.76 bits per heavy atom. The first-order valence-corrected chi connectivity index (χ1v) is 8.70. The van der Waals surface area contributed by atoms with E-state index in [9.17, 15) is 4.79 Å². The number of carbonyl (C=O) groups excluding carboxylic acids is 1. The van der Waals surface area contributed by atoms with E-state index in [1.54, 1.807) is 0 Å². The minimum Gasteiger partial charge on any atom is -0.348 e. The molecule has 0 aliphatic rings.